The molecule has 32 heavy (non-hydrogen) atoms. The van der Waals surface area contributed by atoms with Crippen LogP contribution < -0.4 is 0 Å². The molecule has 0 spiro atoms. The lowest BCUT2D eigenvalue weighted by Crippen LogP contribution is -2.25. The third kappa shape index (κ3) is 4.35. The van der Waals surface area contributed by atoms with E-state index in [0.29, 0.717) is 5.75 Å². The fourth-order valence-corrected chi connectivity index (χ4v) is 5.71. The highest BCUT2D eigenvalue weighted by Crippen LogP contribution is 2.55. The van der Waals surface area contributed by atoms with Crippen molar-refractivity contribution >= 4 is 0 Å². The quantitative estimate of drug-likeness (QED) is 0.303. The van der Waals surface area contributed by atoms with E-state index >= 15 is 0 Å². The van der Waals surface area contributed by atoms with Crippen LogP contribution in [0.5, 0.6) is 5.75 Å². The molecule has 0 heterocycles. The Kier molecular flexibility index (Phi) is 7.35. The molecule has 0 atom stereocenters. The molecule has 1 aliphatic rings. The summed E-state index contributed by atoms with van der Waals surface area (Å²) in [7, 11) is 0. The topological polar surface area (TPSA) is 20.2 Å². The predicted molar refractivity (Wildman–Crippen MR) is 137 cm³/mol. The molecule has 0 aromatic heterocycles. The van der Waals surface area contributed by atoms with Crippen molar-refractivity contribution in [3.8, 4) is 28.0 Å². The Morgan fingerprint density at radius 2 is 1.19 bits per heavy atom. The molecule has 0 fully saturated rings. The number of hydrogen-bond donors (Lipinski definition) is 1. The van der Waals surface area contributed by atoms with E-state index in [9.17, 15) is 5.11 Å². The van der Waals surface area contributed by atoms with Crippen LogP contribution >= 0.6 is 0 Å². The van der Waals surface area contributed by atoms with Crippen molar-refractivity contribution in [2.45, 2.75) is 83.5 Å². The normalized spacial score (nSPS) is 13.7. The van der Waals surface area contributed by atoms with E-state index in [1.54, 1.807) is 6.07 Å². The van der Waals surface area contributed by atoms with Gasteiger partial charge in [-0.05, 0) is 52.8 Å². The number of phenolic OH excluding ortho intramolecular Hbond substituents is 1. The molecule has 3 aromatic carbocycles. The predicted octanol–water partition coefficient (Wildman–Crippen LogP) is 9.27. The van der Waals surface area contributed by atoms with Crippen LogP contribution in [-0.4, -0.2) is 5.11 Å². The minimum absolute atomic E-state index is 0.0911. The van der Waals surface area contributed by atoms with Crippen molar-refractivity contribution in [1.82, 2.24) is 0 Å². The van der Waals surface area contributed by atoms with Gasteiger partial charge in [0.15, 0.2) is 0 Å². The molecule has 1 aliphatic carbocycles. The van der Waals surface area contributed by atoms with Crippen molar-refractivity contribution < 1.29 is 5.11 Å². The SMILES string of the molecule is CCCCCCC1(CCCCCC)c2ccccc2-c2ccc(-c3ccccc3O)cc21. The van der Waals surface area contributed by atoms with E-state index in [0.717, 1.165) is 11.1 Å². The molecule has 0 saturated heterocycles. The van der Waals surface area contributed by atoms with Crippen LogP contribution in [0.4, 0.5) is 0 Å². The molecule has 1 N–H and O–H groups in total. The lowest BCUT2D eigenvalue weighted by molar-refractivity contribution is 0.401. The summed E-state index contributed by atoms with van der Waals surface area (Å²) in [5.41, 5.74) is 7.96. The van der Waals surface area contributed by atoms with Crippen LogP contribution in [-0.2, 0) is 5.41 Å². The first kappa shape index (κ1) is 22.6. The van der Waals surface area contributed by atoms with Gasteiger partial charge in [-0.25, -0.2) is 0 Å². The molecule has 1 heteroatoms. The highest BCUT2D eigenvalue weighted by Gasteiger charge is 2.42. The van der Waals surface area contributed by atoms with Crippen molar-refractivity contribution in [3.63, 3.8) is 0 Å². The van der Waals surface area contributed by atoms with E-state index < -0.39 is 0 Å². The summed E-state index contributed by atoms with van der Waals surface area (Å²) in [4.78, 5) is 0. The first-order chi connectivity index (χ1) is 15.7. The van der Waals surface area contributed by atoms with Crippen LogP contribution in [0.3, 0.4) is 0 Å². The van der Waals surface area contributed by atoms with E-state index in [1.807, 2.05) is 18.2 Å². The van der Waals surface area contributed by atoms with Gasteiger partial charge in [-0.3, -0.25) is 0 Å². The Morgan fingerprint density at radius 3 is 1.84 bits per heavy atom. The number of benzene rings is 3. The molecule has 0 bridgehead atoms. The maximum Gasteiger partial charge on any atom is 0.123 e. The molecule has 0 amide bonds. The number of hydrogen-bond acceptors (Lipinski definition) is 1. The summed E-state index contributed by atoms with van der Waals surface area (Å²) in [6, 6.07) is 23.7. The average molecular weight is 427 g/mol. The number of fused-ring (bicyclic) bond motifs is 3. The lowest BCUT2D eigenvalue weighted by atomic mass is 9.70. The summed E-state index contributed by atoms with van der Waals surface area (Å²) in [6.45, 7) is 4.58. The summed E-state index contributed by atoms with van der Waals surface area (Å²) in [6.07, 6.45) is 12.8. The Labute approximate surface area is 194 Å². The second kappa shape index (κ2) is 10.4. The summed E-state index contributed by atoms with van der Waals surface area (Å²) < 4.78 is 0. The van der Waals surface area contributed by atoms with Gasteiger partial charge in [-0.2, -0.15) is 0 Å². The van der Waals surface area contributed by atoms with Gasteiger partial charge in [0.05, 0.1) is 0 Å². The molecular weight excluding hydrogens is 388 g/mol. The maximum atomic E-state index is 10.5. The van der Waals surface area contributed by atoms with Crippen LogP contribution in [0.15, 0.2) is 66.7 Å². The zero-order chi connectivity index (χ0) is 22.4. The van der Waals surface area contributed by atoms with Crippen molar-refractivity contribution in [2.24, 2.45) is 0 Å². The van der Waals surface area contributed by atoms with Crippen LogP contribution in [0.25, 0.3) is 22.3 Å². The van der Waals surface area contributed by atoms with E-state index in [4.69, 9.17) is 0 Å². The Morgan fingerprint density at radius 1 is 0.594 bits per heavy atom. The number of unbranched alkanes of at least 4 members (excludes halogenated alkanes) is 6. The molecule has 0 saturated carbocycles. The minimum Gasteiger partial charge on any atom is -0.507 e. The summed E-state index contributed by atoms with van der Waals surface area (Å²) in [5, 5.41) is 10.5. The van der Waals surface area contributed by atoms with E-state index in [1.165, 1.54) is 86.5 Å². The molecule has 0 aliphatic heterocycles. The molecular formula is C31H38O. The van der Waals surface area contributed by atoms with E-state index in [2.05, 4.69) is 56.3 Å². The van der Waals surface area contributed by atoms with E-state index in [-0.39, 0.29) is 5.41 Å². The summed E-state index contributed by atoms with van der Waals surface area (Å²) in [5.74, 6) is 0.361. The monoisotopic (exact) mass is 426 g/mol. The number of aromatic hydroxyl groups is 1. The Hall–Kier alpha value is -2.54. The van der Waals surface area contributed by atoms with Crippen LogP contribution in [0, 0.1) is 0 Å². The highest BCUT2D eigenvalue weighted by atomic mass is 16.3. The van der Waals surface area contributed by atoms with Crippen LogP contribution in [0.1, 0.15) is 89.2 Å². The number of para-hydroxylation sites is 1. The molecule has 168 valence electrons. The van der Waals surface area contributed by atoms with Gasteiger partial charge >= 0.3 is 0 Å². The smallest absolute Gasteiger partial charge is 0.123 e. The van der Waals surface area contributed by atoms with Gasteiger partial charge in [0.2, 0.25) is 0 Å². The van der Waals surface area contributed by atoms with Gasteiger partial charge in [0.25, 0.3) is 0 Å². The highest BCUT2D eigenvalue weighted by molar-refractivity contribution is 5.84. The molecule has 4 rings (SSSR count). The third-order valence-electron chi connectivity index (χ3n) is 7.40. The number of phenols is 1. The second-order valence-electron chi connectivity index (χ2n) is 9.53. The van der Waals surface area contributed by atoms with Crippen LogP contribution in [0.2, 0.25) is 0 Å². The minimum atomic E-state index is 0.0911. The molecule has 1 nitrogen and oxygen atoms in total. The zero-order valence-corrected chi connectivity index (χ0v) is 19.9. The number of rotatable bonds is 11. The molecule has 0 radical (unpaired) electrons. The average Bonchev–Trinajstić information content (AvgIpc) is 3.10. The lowest BCUT2D eigenvalue weighted by Gasteiger charge is -2.33. The standard InChI is InChI=1S/C31H38O/c1-3-5-7-13-21-31(22-14-8-6-4-2)28-17-11-9-16-26(28)27-20-19-24(23-29(27)31)25-15-10-12-18-30(25)32/h9-12,15-20,23,32H,3-8,13-14,21-22H2,1-2H3. The third-order valence-corrected chi connectivity index (χ3v) is 7.40. The van der Waals surface area contributed by atoms with Crippen molar-refractivity contribution in [1.29, 1.82) is 0 Å². The molecule has 3 aromatic rings. The Balaban J connectivity index is 1.80. The van der Waals surface area contributed by atoms with Gasteiger partial charge in [-0.15, -0.1) is 0 Å². The molecule has 0 unspecified atom stereocenters. The maximum absolute atomic E-state index is 10.5. The first-order valence-corrected chi connectivity index (χ1v) is 12.7. The largest absolute Gasteiger partial charge is 0.507 e. The Bertz CT molecular complexity index is 1020. The fourth-order valence-electron chi connectivity index (χ4n) is 5.71. The van der Waals surface area contributed by atoms with Crippen molar-refractivity contribution in [2.75, 3.05) is 0 Å². The van der Waals surface area contributed by atoms with Gasteiger partial charge < -0.3 is 5.11 Å². The summed E-state index contributed by atoms with van der Waals surface area (Å²) >= 11 is 0. The zero-order valence-electron chi connectivity index (χ0n) is 19.9. The van der Waals surface area contributed by atoms with Gasteiger partial charge in [0, 0.05) is 11.0 Å². The fraction of sp³-hybridized carbons (Fsp3) is 0.419. The van der Waals surface area contributed by atoms with Crippen molar-refractivity contribution in [3.05, 3.63) is 77.9 Å². The first-order valence-electron chi connectivity index (χ1n) is 12.7. The second-order valence-corrected chi connectivity index (χ2v) is 9.53. The van der Waals surface area contributed by atoms with Gasteiger partial charge in [0.1, 0.15) is 5.75 Å². The van der Waals surface area contributed by atoms with Gasteiger partial charge in [-0.1, -0.05) is 120 Å².